The lowest BCUT2D eigenvalue weighted by Crippen LogP contribution is -2.57. The maximum absolute atomic E-state index is 10.8. The molecule has 0 atom stereocenters. The van der Waals surface area contributed by atoms with Gasteiger partial charge >= 0.3 is 5.97 Å². The van der Waals surface area contributed by atoms with Crippen LogP contribution in [0.5, 0.6) is 0 Å². The fourth-order valence-electron chi connectivity index (χ4n) is 3.28. The third kappa shape index (κ3) is 2.17. The first-order valence-corrected chi connectivity index (χ1v) is 5.97. The Morgan fingerprint density at radius 2 is 1.93 bits per heavy atom. The van der Waals surface area contributed by atoms with Gasteiger partial charge in [-0.3, -0.25) is 9.69 Å². The number of hydrogen-bond acceptors (Lipinski definition) is 2. The molecular formula is C12H21NO2. The van der Waals surface area contributed by atoms with Crippen LogP contribution in [0.4, 0.5) is 0 Å². The van der Waals surface area contributed by atoms with Crippen molar-refractivity contribution in [3.8, 4) is 0 Å². The van der Waals surface area contributed by atoms with Gasteiger partial charge in [-0.15, -0.1) is 0 Å². The van der Waals surface area contributed by atoms with E-state index in [2.05, 4.69) is 18.7 Å². The smallest absolute Gasteiger partial charge is 0.305 e. The number of fused-ring (bicyclic) bond motifs is 3. The van der Waals surface area contributed by atoms with E-state index < -0.39 is 5.97 Å². The third-order valence-electron chi connectivity index (χ3n) is 4.07. The molecular weight excluding hydrogens is 190 g/mol. The first-order valence-electron chi connectivity index (χ1n) is 5.97. The highest BCUT2D eigenvalue weighted by Gasteiger charge is 2.41. The van der Waals surface area contributed by atoms with Crippen LogP contribution in [0.3, 0.4) is 0 Å². The lowest BCUT2D eigenvalue weighted by molar-refractivity contribution is -0.141. The molecule has 86 valence electrons. The molecule has 2 aliphatic heterocycles. The van der Waals surface area contributed by atoms with Gasteiger partial charge in [-0.25, -0.2) is 0 Å². The van der Waals surface area contributed by atoms with Crippen LogP contribution in [0.1, 0.15) is 46.0 Å². The van der Waals surface area contributed by atoms with Gasteiger partial charge in [0.15, 0.2) is 0 Å². The van der Waals surface area contributed by atoms with Gasteiger partial charge in [-0.2, -0.15) is 0 Å². The molecule has 0 aromatic rings. The van der Waals surface area contributed by atoms with Gasteiger partial charge < -0.3 is 5.11 Å². The van der Waals surface area contributed by atoms with Gasteiger partial charge in [-0.1, -0.05) is 0 Å². The number of carbonyl (C=O) groups is 1. The molecule has 0 radical (unpaired) electrons. The van der Waals surface area contributed by atoms with Crippen molar-refractivity contribution in [3.05, 3.63) is 0 Å². The summed E-state index contributed by atoms with van der Waals surface area (Å²) in [5.41, 5.74) is -0.171. The van der Waals surface area contributed by atoms with Crippen molar-refractivity contribution < 1.29 is 9.90 Å². The molecule has 15 heavy (non-hydrogen) atoms. The number of piperidine rings is 2. The molecule has 3 nitrogen and oxygen atoms in total. The minimum atomic E-state index is -0.679. The number of rotatable bonds is 3. The second-order valence-corrected chi connectivity index (χ2v) is 5.71. The van der Waals surface area contributed by atoms with E-state index >= 15 is 0 Å². The van der Waals surface area contributed by atoms with Gasteiger partial charge in [0, 0.05) is 18.1 Å². The second kappa shape index (κ2) is 3.78. The number of aliphatic carboxylic acids is 1. The molecule has 3 aliphatic rings. The van der Waals surface area contributed by atoms with Crippen molar-refractivity contribution in [2.75, 3.05) is 6.54 Å². The Balaban J connectivity index is 2.06. The number of carboxylic acid groups (broad SMARTS) is 1. The zero-order valence-electron chi connectivity index (χ0n) is 9.70. The van der Waals surface area contributed by atoms with Crippen LogP contribution in [0.25, 0.3) is 0 Å². The molecule has 3 fully saturated rings. The van der Waals surface area contributed by atoms with E-state index in [4.69, 9.17) is 5.11 Å². The van der Waals surface area contributed by atoms with Gasteiger partial charge in [0.25, 0.3) is 0 Å². The summed E-state index contributed by atoms with van der Waals surface area (Å²) in [6.45, 7) is 5.26. The molecule has 2 heterocycles. The molecule has 2 bridgehead atoms. The molecule has 0 amide bonds. The Hall–Kier alpha value is -0.570. The molecule has 0 unspecified atom stereocenters. The molecule has 1 N–H and O–H groups in total. The fraction of sp³-hybridized carbons (Fsp3) is 0.917. The maximum atomic E-state index is 10.8. The molecule has 0 aromatic carbocycles. The Kier molecular flexibility index (Phi) is 2.75. The topological polar surface area (TPSA) is 40.5 Å². The van der Waals surface area contributed by atoms with E-state index in [1.54, 1.807) is 0 Å². The predicted molar refractivity (Wildman–Crippen MR) is 58.8 cm³/mol. The van der Waals surface area contributed by atoms with Crippen molar-refractivity contribution in [2.24, 2.45) is 5.92 Å². The summed E-state index contributed by atoms with van der Waals surface area (Å²) in [5, 5.41) is 8.92. The second-order valence-electron chi connectivity index (χ2n) is 5.71. The van der Waals surface area contributed by atoms with E-state index in [9.17, 15) is 4.79 Å². The summed E-state index contributed by atoms with van der Waals surface area (Å²) in [5.74, 6) is 0.143. The van der Waals surface area contributed by atoms with E-state index in [0.29, 0.717) is 6.04 Å². The molecule has 3 rings (SSSR count). The third-order valence-corrected chi connectivity index (χ3v) is 4.07. The Bertz CT molecular complexity index is 254. The molecule has 1 saturated carbocycles. The van der Waals surface area contributed by atoms with Crippen molar-refractivity contribution in [1.82, 2.24) is 4.90 Å². The summed E-state index contributed by atoms with van der Waals surface area (Å²) >= 11 is 0. The van der Waals surface area contributed by atoms with Crippen molar-refractivity contribution in [1.29, 1.82) is 0 Å². The molecule has 1 aliphatic carbocycles. The molecule has 0 spiro atoms. The number of hydrogen-bond donors (Lipinski definition) is 1. The van der Waals surface area contributed by atoms with E-state index in [1.165, 1.54) is 25.7 Å². The molecule has 0 aromatic heterocycles. The summed E-state index contributed by atoms with van der Waals surface area (Å²) in [6, 6.07) is 0.643. The average Bonchev–Trinajstić information content (AvgIpc) is 2.17. The Labute approximate surface area is 91.5 Å². The van der Waals surface area contributed by atoms with E-state index in [-0.39, 0.29) is 12.0 Å². The largest absolute Gasteiger partial charge is 0.481 e. The summed E-state index contributed by atoms with van der Waals surface area (Å²) < 4.78 is 0. The fourth-order valence-corrected chi connectivity index (χ4v) is 3.28. The highest BCUT2D eigenvalue weighted by atomic mass is 16.4. The van der Waals surface area contributed by atoms with Crippen LogP contribution >= 0.6 is 0 Å². The number of carboxylic acids is 1. The van der Waals surface area contributed by atoms with Crippen LogP contribution in [0, 0.1) is 5.92 Å². The van der Waals surface area contributed by atoms with E-state index in [1.807, 2.05) is 0 Å². The van der Waals surface area contributed by atoms with Crippen LogP contribution in [0.2, 0.25) is 0 Å². The van der Waals surface area contributed by atoms with Crippen molar-refractivity contribution in [2.45, 2.75) is 57.5 Å². The standard InChI is InChI=1S/C12H21NO2/c1-12(2,7-11(14)15)13-8-9-3-5-10(13)6-4-9/h9-10H,3-8H2,1-2H3,(H,14,15). The lowest BCUT2D eigenvalue weighted by Gasteiger charge is -2.52. The van der Waals surface area contributed by atoms with Crippen LogP contribution in [0.15, 0.2) is 0 Å². The van der Waals surface area contributed by atoms with Crippen LogP contribution in [-0.4, -0.2) is 34.1 Å². The summed E-state index contributed by atoms with van der Waals surface area (Å²) in [7, 11) is 0. The minimum Gasteiger partial charge on any atom is -0.481 e. The maximum Gasteiger partial charge on any atom is 0.305 e. The highest BCUT2D eigenvalue weighted by molar-refractivity contribution is 5.68. The lowest BCUT2D eigenvalue weighted by atomic mass is 9.77. The van der Waals surface area contributed by atoms with Crippen LogP contribution in [-0.2, 0) is 4.79 Å². The first kappa shape index (κ1) is 10.9. The normalized spacial score (nSPS) is 31.9. The minimum absolute atomic E-state index is 0.171. The SMILES string of the molecule is CC(C)(CC(=O)O)N1CC2CCC1CC2. The van der Waals surface area contributed by atoms with Crippen LogP contribution < -0.4 is 0 Å². The van der Waals surface area contributed by atoms with E-state index in [0.717, 1.165) is 12.5 Å². The Morgan fingerprint density at radius 3 is 2.33 bits per heavy atom. The van der Waals surface area contributed by atoms with Gasteiger partial charge in [0.1, 0.15) is 0 Å². The zero-order chi connectivity index (χ0) is 11.1. The number of nitrogens with zero attached hydrogens (tertiary/aromatic N) is 1. The van der Waals surface area contributed by atoms with Crippen molar-refractivity contribution in [3.63, 3.8) is 0 Å². The monoisotopic (exact) mass is 211 g/mol. The Morgan fingerprint density at radius 1 is 1.33 bits per heavy atom. The average molecular weight is 211 g/mol. The van der Waals surface area contributed by atoms with Gasteiger partial charge in [0.2, 0.25) is 0 Å². The first-order chi connectivity index (χ1) is 6.99. The summed E-state index contributed by atoms with van der Waals surface area (Å²) in [4.78, 5) is 13.3. The zero-order valence-corrected chi connectivity index (χ0v) is 9.70. The predicted octanol–water partition coefficient (Wildman–Crippen LogP) is 2.11. The molecule has 2 saturated heterocycles. The van der Waals surface area contributed by atoms with Gasteiger partial charge in [-0.05, 0) is 45.4 Å². The molecule has 3 heteroatoms. The quantitative estimate of drug-likeness (QED) is 0.777. The van der Waals surface area contributed by atoms with Gasteiger partial charge in [0.05, 0.1) is 6.42 Å². The van der Waals surface area contributed by atoms with Crippen molar-refractivity contribution >= 4 is 5.97 Å². The highest BCUT2D eigenvalue weighted by Crippen LogP contribution is 2.39. The summed E-state index contributed by atoms with van der Waals surface area (Å²) in [6.07, 6.45) is 5.51.